The van der Waals surface area contributed by atoms with Crippen molar-refractivity contribution >= 4 is 12.3 Å². The Morgan fingerprint density at radius 3 is 3.06 bits per heavy atom. The molecule has 0 aromatic heterocycles. The average Bonchev–Trinajstić information content (AvgIpc) is 2.56. The van der Waals surface area contributed by atoms with Crippen LogP contribution in [0.5, 0.6) is 0 Å². The molecule has 1 saturated heterocycles. The second-order valence-electron chi connectivity index (χ2n) is 4.63. The van der Waals surface area contributed by atoms with Crippen LogP contribution in [0, 0.1) is 0 Å². The molecule has 2 rings (SSSR count). The van der Waals surface area contributed by atoms with Gasteiger partial charge in [-0.05, 0) is 31.5 Å². The van der Waals surface area contributed by atoms with Crippen molar-refractivity contribution in [2.45, 2.75) is 31.3 Å². The third kappa shape index (κ3) is 3.12. The summed E-state index contributed by atoms with van der Waals surface area (Å²) in [5.41, 5.74) is 0. The van der Waals surface area contributed by atoms with E-state index in [4.69, 9.17) is 0 Å². The first-order chi connectivity index (χ1) is 8.81. The minimum absolute atomic E-state index is 0.0318. The van der Waals surface area contributed by atoms with Crippen LogP contribution in [-0.4, -0.2) is 42.4 Å². The van der Waals surface area contributed by atoms with Crippen molar-refractivity contribution in [3.8, 4) is 0 Å². The predicted octanol–water partition coefficient (Wildman–Crippen LogP) is 0.155. The first kappa shape index (κ1) is 12.7. The Kier molecular flexibility index (Phi) is 4.39. The number of likely N-dealkylation sites (tertiary alicyclic amines) is 1. The Bertz CT molecular complexity index is 365. The lowest BCUT2D eigenvalue weighted by molar-refractivity contribution is -0.134. The number of amides is 2. The highest BCUT2D eigenvalue weighted by atomic mass is 16.2. The zero-order chi connectivity index (χ0) is 12.8. The molecule has 5 nitrogen and oxygen atoms in total. The van der Waals surface area contributed by atoms with Crippen LogP contribution in [0.3, 0.4) is 0 Å². The predicted molar refractivity (Wildman–Crippen MR) is 68.6 cm³/mol. The lowest BCUT2D eigenvalue weighted by Crippen LogP contribution is -2.48. The second-order valence-corrected chi connectivity index (χ2v) is 4.63. The molecular weight excluding hydrogens is 230 g/mol. The van der Waals surface area contributed by atoms with Gasteiger partial charge in [-0.3, -0.25) is 9.59 Å². The smallest absolute Gasteiger partial charge is 0.245 e. The number of hydrogen-bond acceptors (Lipinski definition) is 3. The van der Waals surface area contributed by atoms with Crippen molar-refractivity contribution in [1.82, 2.24) is 15.5 Å². The fourth-order valence-corrected chi connectivity index (χ4v) is 2.36. The second kappa shape index (κ2) is 6.23. The molecule has 0 aromatic rings. The maximum Gasteiger partial charge on any atom is 0.245 e. The lowest BCUT2D eigenvalue weighted by Gasteiger charge is -2.28. The van der Waals surface area contributed by atoms with Crippen LogP contribution in [0.15, 0.2) is 24.4 Å². The molecule has 0 aromatic carbocycles. The third-order valence-electron chi connectivity index (χ3n) is 3.33. The normalized spacial score (nSPS) is 27.6. The van der Waals surface area contributed by atoms with Gasteiger partial charge in [-0.15, -0.1) is 0 Å². The van der Waals surface area contributed by atoms with Gasteiger partial charge in [-0.25, -0.2) is 0 Å². The van der Waals surface area contributed by atoms with Crippen LogP contribution in [0.25, 0.3) is 0 Å². The standard InChI is InChI=1S/C13H19N3O2/c17-10-15-12-6-2-4-8-16(13(12)18)9-11-5-1-3-7-14-11/h1,3,5,7,10-12,14H,2,4,6,8-9H2,(H,15,17)/t11?,12-/m0/s1. The van der Waals surface area contributed by atoms with Crippen molar-refractivity contribution in [3.63, 3.8) is 0 Å². The summed E-state index contributed by atoms with van der Waals surface area (Å²) < 4.78 is 0. The van der Waals surface area contributed by atoms with E-state index in [1.807, 2.05) is 29.3 Å². The van der Waals surface area contributed by atoms with Gasteiger partial charge in [0.25, 0.3) is 0 Å². The van der Waals surface area contributed by atoms with E-state index in [0.29, 0.717) is 13.0 Å². The van der Waals surface area contributed by atoms with Crippen LogP contribution in [-0.2, 0) is 9.59 Å². The molecule has 18 heavy (non-hydrogen) atoms. The molecule has 2 aliphatic rings. The summed E-state index contributed by atoms with van der Waals surface area (Å²) in [6, 6.07) is -0.193. The Morgan fingerprint density at radius 1 is 1.44 bits per heavy atom. The summed E-state index contributed by atoms with van der Waals surface area (Å²) in [4.78, 5) is 24.6. The van der Waals surface area contributed by atoms with E-state index in [-0.39, 0.29) is 18.0 Å². The SMILES string of the molecule is O=CN[C@H]1CCCCN(CC2C=CC=CN2)C1=O. The minimum Gasteiger partial charge on any atom is -0.383 e. The van der Waals surface area contributed by atoms with E-state index in [9.17, 15) is 9.59 Å². The fraction of sp³-hybridized carbons (Fsp3) is 0.538. The van der Waals surface area contributed by atoms with Crippen molar-refractivity contribution in [2.24, 2.45) is 0 Å². The van der Waals surface area contributed by atoms with Crippen molar-refractivity contribution < 1.29 is 9.59 Å². The monoisotopic (exact) mass is 249 g/mol. The van der Waals surface area contributed by atoms with Gasteiger partial charge in [0.2, 0.25) is 12.3 Å². The summed E-state index contributed by atoms with van der Waals surface area (Å²) in [7, 11) is 0. The Hall–Kier alpha value is -1.78. The molecule has 98 valence electrons. The van der Waals surface area contributed by atoms with Gasteiger partial charge in [0.05, 0.1) is 6.04 Å². The van der Waals surface area contributed by atoms with Crippen LogP contribution in [0.1, 0.15) is 19.3 Å². The fourth-order valence-electron chi connectivity index (χ4n) is 2.36. The summed E-state index contributed by atoms with van der Waals surface area (Å²) >= 11 is 0. The molecule has 0 saturated carbocycles. The van der Waals surface area contributed by atoms with Gasteiger partial charge in [-0.1, -0.05) is 12.2 Å². The van der Waals surface area contributed by atoms with Crippen LogP contribution < -0.4 is 10.6 Å². The Morgan fingerprint density at radius 2 is 2.33 bits per heavy atom. The molecule has 2 atom stereocenters. The van der Waals surface area contributed by atoms with Crippen molar-refractivity contribution in [2.75, 3.05) is 13.1 Å². The summed E-state index contributed by atoms with van der Waals surface area (Å²) in [5, 5.41) is 5.82. The number of nitrogens with zero attached hydrogens (tertiary/aromatic N) is 1. The number of carbonyl (C=O) groups is 2. The molecule has 2 N–H and O–H groups in total. The van der Waals surface area contributed by atoms with Crippen molar-refractivity contribution in [1.29, 1.82) is 0 Å². The maximum atomic E-state index is 12.2. The molecule has 0 bridgehead atoms. The van der Waals surface area contributed by atoms with E-state index < -0.39 is 0 Å². The topological polar surface area (TPSA) is 61.4 Å². The third-order valence-corrected chi connectivity index (χ3v) is 3.33. The summed E-state index contributed by atoms with van der Waals surface area (Å²) in [5.74, 6) is 0.0318. The molecule has 2 amide bonds. The Balaban J connectivity index is 1.96. The van der Waals surface area contributed by atoms with Gasteiger partial charge in [-0.2, -0.15) is 0 Å². The number of nitrogens with one attached hydrogen (secondary N) is 2. The Labute approximate surface area is 107 Å². The number of dihydropyridines is 1. The number of allylic oxidation sites excluding steroid dienone is 2. The molecule has 2 aliphatic heterocycles. The van der Waals surface area contributed by atoms with Gasteiger partial charge in [0.1, 0.15) is 6.04 Å². The molecule has 0 radical (unpaired) electrons. The molecule has 5 heteroatoms. The molecular formula is C13H19N3O2. The van der Waals surface area contributed by atoms with Gasteiger partial charge >= 0.3 is 0 Å². The average molecular weight is 249 g/mol. The lowest BCUT2D eigenvalue weighted by atomic mass is 10.1. The number of rotatable bonds is 4. The first-order valence-corrected chi connectivity index (χ1v) is 6.39. The zero-order valence-corrected chi connectivity index (χ0v) is 10.3. The van der Waals surface area contributed by atoms with E-state index >= 15 is 0 Å². The summed E-state index contributed by atoms with van der Waals surface area (Å²) in [6.07, 6.45) is 11.2. The van der Waals surface area contributed by atoms with E-state index in [1.54, 1.807) is 0 Å². The highest BCUT2D eigenvalue weighted by Gasteiger charge is 2.27. The highest BCUT2D eigenvalue weighted by molar-refractivity contribution is 5.84. The van der Waals surface area contributed by atoms with E-state index in [1.165, 1.54) is 0 Å². The highest BCUT2D eigenvalue weighted by Crippen LogP contribution is 2.13. The van der Waals surface area contributed by atoms with Crippen LogP contribution in [0.4, 0.5) is 0 Å². The van der Waals surface area contributed by atoms with Crippen LogP contribution >= 0.6 is 0 Å². The first-order valence-electron chi connectivity index (χ1n) is 6.39. The zero-order valence-electron chi connectivity index (χ0n) is 10.3. The molecule has 1 unspecified atom stereocenters. The van der Waals surface area contributed by atoms with Gasteiger partial charge < -0.3 is 15.5 Å². The maximum absolute atomic E-state index is 12.2. The van der Waals surface area contributed by atoms with Gasteiger partial charge in [0.15, 0.2) is 0 Å². The summed E-state index contributed by atoms with van der Waals surface area (Å²) in [6.45, 7) is 1.42. The number of hydrogen-bond donors (Lipinski definition) is 2. The van der Waals surface area contributed by atoms with Crippen LogP contribution in [0.2, 0.25) is 0 Å². The quantitative estimate of drug-likeness (QED) is 0.697. The number of carbonyl (C=O) groups excluding carboxylic acids is 2. The molecule has 0 spiro atoms. The van der Waals surface area contributed by atoms with Crippen molar-refractivity contribution in [3.05, 3.63) is 24.4 Å². The molecule has 1 fully saturated rings. The van der Waals surface area contributed by atoms with Gasteiger partial charge in [0, 0.05) is 13.1 Å². The largest absolute Gasteiger partial charge is 0.383 e. The molecule has 0 aliphatic carbocycles. The van der Waals surface area contributed by atoms with E-state index in [2.05, 4.69) is 10.6 Å². The minimum atomic E-state index is -0.354. The van der Waals surface area contributed by atoms with E-state index in [0.717, 1.165) is 25.8 Å². The molecule has 2 heterocycles.